The Morgan fingerprint density at radius 2 is 1.89 bits per heavy atom. The van der Waals surface area contributed by atoms with E-state index in [9.17, 15) is 14.7 Å². The summed E-state index contributed by atoms with van der Waals surface area (Å²) in [4.78, 5) is 24.4. The average Bonchev–Trinajstić information content (AvgIpc) is 2.12. The summed E-state index contributed by atoms with van der Waals surface area (Å²) >= 11 is 0. The van der Waals surface area contributed by atoms with Crippen LogP contribution < -0.4 is 5.11 Å². The molecule has 1 aliphatic heterocycles. The molecule has 5 heteroatoms. The Morgan fingerprint density at radius 1 is 1.33 bits per heavy atom. The van der Waals surface area contributed by atoms with Crippen LogP contribution in [0, 0.1) is 5.41 Å². The molecule has 0 radical (unpaired) electrons. The van der Waals surface area contributed by atoms with Crippen molar-refractivity contribution in [3.8, 4) is 0 Å². The van der Waals surface area contributed by atoms with Crippen LogP contribution in [0.2, 0.25) is 0 Å². The highest BCUT2D eigenvalue weighted by atomic mass is 16.6. The molecule has 1 saturated heterocycles. The molecule has 1 rings (SSSR count). The molecule has 0 saturated carbocycles. The molecule has 5 nitrogen and oxygen atoms in total. The molecule has 1 amide bonds. The molecule has 0 N–H and O–H groups in total. The van der Waals surface area contributed by atoms with Gasteiger partial charge < -0.3 is 14.6 Å². The molecule has 1 fully saturated rings. The SMILES string of the molecule is CC1(C)CCC(C(=O)[O-])N(C(=O)OC(C)(C)C)C1. The van der Waals surface area contributed by atoms with Crippen molar-refractivity contribution in [2.75, 3.05) is 6.54 Å². The lowest BCUT2D eigenvalue weighted by Crippen LogP contribution is -2.57. The number of rotatable bonds is 1. The van der Waals surface area contributed by atoms with Crippen LogP contribution in [-0.4, -0.2) is 35.2 Å². The second kappa shape index (κ2) is 4.78. The summed E-state index contributed by atoms with van der Waals surface area (Å²) in [6.45, 7) is 9.67. The summed E-state index contributed by atoms with van der Waals surface area (Å²) in [7, 11) is 0. The average molecular weight is 256 g/mol. The highest BCUT2D eigenvalue weighted by Crippen LogP contribution is 2.32. The Morgan fingerprint density at radius 3 is 2.33 bits per heavy atom. The summed E-state index contributed by atoms with van der Waals surface area (Å²) in [5.41, 5.74) is -0.724. The van der Waals surface area contributed by atoms with E-state index in [-0.39, 0.29) is 5.41 Å². The molecule has 0 aromatic heterocycles. The molecule has 0 aromatic carbocycles. The number of likely N-dealkylation sites (tertiary alicyclic amines) is 1. The predicted octanol–water partition coefficient (Wildman–Crippen LogP) is 1.16. The number of carbonyl (C=O) groups excluding carboxylic acids is 2. The maximum Gasteiger partial charge on any atom is 0.410 e. The number of hydrogen-bond donors (Lipinski definition) is 0. The number of piperidine rings is 1. The zero-order valence-corrected chi connectivity index (χ0v) is 11.8. The van der Waals surface area contributed by atoms with Crippen LogP contribution in [0.25, 0.3) is 0 Å². The van der Waals surface area contributed by atoms with Crippen LogP contribution in [0.3, 0.4) is 0 Å². The zero-order valence-electron chi connectivity index (χ0n) is 11.8. The van der Waals surface area contributed by atoms with Crippen LogP contribution in [-0.2, 0) is 9.53 Å². The molecule has 0 aliphatic carbocycles. The van der Waals surface area contributed by atoms with Crippen LogP contribution in [0.1, 0.15) is 47.5 Å². The van der Waals surface area contributed by atoms with E-state index in [4.69, 9.17) is 4.74 Å². The maximum absolute atomic E-state index is 12.0. The molecule has 18 heavy (non-hydrogen) atoms. The molecule has 1 atom stereocenters. The van der Waals surface area contributed by atoms with Crippen molar-refractivity contribution in [3.63, 3.8) is 0 Å². The fourth-order valence-corrected chi connectivity index (χ4v) is 2.09. The Labute approximate surface area is 108 Å². The Hall–Kier alpha value is -1.26. The van der Waals surface area contributed by atoms with Crippen molar-refractivity contribution in [2.45, 2.75) is 59.1 Å². The van der Waals surface area contributed by atoms with Gasteiger partial charge in [0.1, 0.15) is 5.60 Å². The summed E-state index contributed by atoms with van der Waals surface area (Å²) < 4.78 is 5.25. The Balaban J connectivity index is 2.85. The van der Waals surface area contributed by atoms with Crippen molar-refractivity contribution in [1.82, 2.24) is 4.90 Å². The second-order valence-corrected chi connectivity index (χ2v) is 6.65. The van der Waals surface area contributed by atoms with Gasteiger partial charge >= 0.3 is 6.09 Å². The third kappa shape index (κ3) is 3.89. The second-order valence-electron chi connectivity index (χ2n) is 6.65. The van der Waals surface area contributed by atoms with E-state index in [0.717, 1.165) is 6.42 Å². The minimum Gasteiger partial charge on any atom is -0.548 e. The molecule has 1 heterocycles. The minimum absolute atomic E-state index is 0.0944. The van der Waals surface area contributed by atoms with E-state index in [1.807, 2.05) is 13.8 Å². The van der Waals surface area contributed by atoms with E-state index < -0.39 is 23.7 Å². The van der Waals surface area contributed by atoms with Gasteiger partial charge in [0.2, 0.25) is 0 Å². The lowest BCUT2D eigenvalue weighted by Gasteiger charge is -2.44. The Bertz CT molecular complexity index is 343. The van der Waals surface area contributed by atoms with Crippen molar-refractivity contribution in [3.05, 3.63) is 0 Å². The summed E-state index contributed by atoms with van der Waals surface area (Å²) in [5.74, 6) is -1.21. The van der Waals surface area contributed by atoms with Gasteiger partial charge in [-0.15, -0.1) is 0 Å². The minimum atomic E-state index is -1.21. The highest BCUT2D eigenvalue weighted by molar-refractivity contribution is 5.79. The van der Waals surface area contributed by atoms with Crippen molar-refractivity contribution in [1.29, 1.82) is 0 Å². The molecule has 104 valence electrons. The largest absolute Gasteiger partial charge is 0.548 e. The van der Waals surface area contributed by atoms with Gasteiger partial charge in [0.15, 0.2) is 0 Å². The molecule has 1 aliphatic rings. The summed E-state index contributed by atoms with van der Waals surface area (Å²) in [6.07, 6.45) is 0.587. The van der Waals surface area contributed by atoms with E-state index >= 15 is 0 Å². The first-order valence-corrected chi connectivity index (χ1v) is 6.22. The van der Waals surface area contributed by atoms with E-state index in [1.165, 1.54) is 4.90 Å². The van der Waals surface area contributed by atoms with Crippen LogP contribution in [0.5, 0.6) is 0 Å². The van der Waals surface area contributed by atoms with E-state index in [0.29, 0.717) is 13.0 Å². The van der Waals surface area contributed by atoms with E-state index in [1.54, 1.807) is 20.8 Å². The van der Waals surface area contributed by atoms with Crippen LogP contribution >= 0.6 is 0 Å². The molecular weight excluding hydrogens is 234 g/mol. The van der Waals surface area contributed by atoms with Gasteiger partial charge in [0.05, 0.1) is 12.0 Å². The van der Waals surface area contributed by atoms with Gasteiger partial charge in [-0.2, -0.15) is 0 Å². The quantitative estimate of drug-likeness (QED) is 0.706. The van der Waals surface area contributed by atoms with Gasteiger partial charge in [0.25, 0.3) is 0 Å². The summed E-state index contributed by atoms with van der Waals surface area (Å²) in [5, 5.41) is 11.1. The molecule has 1 unspecified atom stereocenters. The van der Waals surface area contributed by atoms with Crippen molar-refractivity contribution < 1.29 is 19.4 Å². The van der Waals surface area contributed by atoms with Gasteiger partial charge in [0, 0.05) is 6.54 Å². The fourth-order valence-electron chi connectivity index (χ4n) is 2.09. The maximum atomic E-state index is 12.0. The first-order chi connectivity index (χ1) is 8.02. The third-order valence-corrected chi connectivity index (χ3v) is 2.97. The standard InChI is InChI=1S/C13H23NO4/c1-12(2,3)18-11(17)14-8-13(4,5)7-6-9(14)10(15)16/h9H,6-8H2,1-5H3,(H,15,16)/p-1. The first kappa shape index (κ1) is 14.8. The number of carboxylic acids is 1. The monoisotopic (exact) mass is 256 g/mol. The zero-order chi connectivity index (χ0) is 14.1. The summed E-state index contributed by atoms with van der Waals surface area (Å²) in [6, 6.07) is -0.882. The third-order valence-electron chi connectivity index (χ3n) is 2.97. The molecular formula is C13H22NO4-. The van der Waals surface area contributed by atoms with Crippen molar-refractivity contribution >= 4 is 12.1 Å². The number of carboxylic acid groups (broad SMARTS) is 1. The van der Waals surface area contributed by atoms with Crippen LogP contribution in [0.15, 0.2) is 0 Å². The number of hydrogen-bond acceptors (Lipinski definition) is 4. The number of aliphatic carboxylic acids is 1. The fraction of sp³-hybridized carbons (Fsp3) is 0.846. The lowest BCUT2D eigenvalue weighted by atomic mass is 9.81. The van der Waals surface area contributed by atoms with E-state index in [2.05, 4.69) is 0 Å². The number of ether oxygens (including phenoxy) is 1. The number of amides is 1. The number of carbonyl (C=O) groups is 2. The van der Waals surface area contributed by atoms with Gasteiger partial charge in [-0.25, -0.2) is 4.79 Å². The normalized spacial score (nSPS) is 23.6. The predicted molar refractivity (Wildman–Crippen MR) is 64.8 cm³/mol. The van der Waals surface area contributed by atoms with Gasteiger partial charge in [-0.05, 0) is 39.0 Å². The topological polar surface area (TPSA) is 69.7 Å². The van der Waals surface area contributed by atoms with Crippen LogP contribution in [0.4, 0.5) is 4.79 Å². The smallest absolute Gasteiger partial charge is 0.410 e. The molecule has 0 bridgehead atoms. The Kier molecular flexibility index (Phi) is 3.93. The number of nitrogens with zero attached hydrogens (tertiary/aromatic N) is 1. The van der Waals surface area contributed by atoms with Gasteiger partial charge in [-0.3, -0.25) is 4.90 Å². The lowest BCUT2D eigenvalue weighted by molar-refractivity contribution is -0.312. The van der Waals surface area contributed by atoms with Gasteiger partial charge in [-0.1, -0.05) is 13.8 Å². The van der Waals surface area contributed by atoms with Crippen molar-refractivity contribution in [2.24, 2.45) is 5.41 Å². The molecule has 0 aromatic rings. The first-order valence-electron chi connectivity index (χ1n) is 6.22. The highest BCUT2D eigenvalue weighted by Gasteiger charge is 2.38. The molecule has 0 spiro atoms.